The van der Waals surface area contributed by atoms with Gasteiger partial charge in [-0.25, -0.2) is 0 Å². The Hall–Kier alpha value is -2.72. The highest BCUT2D eigenvalue weighted by Gasteiger charge is 2.20. The summed E-state index contributed by atoms with van der Waals surface area (Å²) in [6, 6.07) is 17.4. The second kappa shape index (κ2) is 10.3. The zero-order chi connectivity index (χ0) is 22.5. The van der Waals surface area contributed by atoms with E-state index in [4.69, 9.17) is 0 Å². The van der Waals surface area contributed by atoms with Gasteiger partial charge in [-0.05, 0) is 66.6 Å². The number of benzene rings is 2. The van der Waals surface area contributed by atoms with Crippen molar-refractivity contribution >= 4 is 5.78 Å². The summed E-state index contributed by atoms with van der Waals surface area (Å²) in [5.74, 6) is 1.11. The van der Waals surface area contributed by atoms with Gasteiger partial charge in [0.05, 0.1) is 6.20 Å². The molecule has 4 rings (SSSR count). The van der Waals surface area contributed by atoms with Crippen molar-refractivity contribution < 1.29 is 4.79 Å². The van der Waals surface area contributed by atoms with Crippen LogP contribution in [-0.2, 0) is 24.3 Å². The molecule has 1 saturated heterocycles. The summed E-state index contributed by atoms with van der Waals surface area (Å²) >= 11 is 0. The summed E-state index contributed by atoms with van der Waals surface area (Å²) in [5, 5.41) is 4.44. The van der Waals surface area contributed by atoms with Gasteiger partial charge < -0.3 is 0 Å². The number of piperidine rings is 1. The summed E-state index contributed by atoms with van der Waals surface area (Å²) in [6.45, 7) is 10.4. The maximum atomic E-state index is 12.0. The second-order valence-corrected chi connectivity index (χ2v) is 9.65. The molecule has 3 aromatic rings. The van der Waals surface area contributed by atoms with Crippen LogP contribution in [0.1, 0.15) is 43.4 Å². The number of ketones is 1. The number of rotatable bonds is 8. The van der Waals surface area contributed by atoms with Gasteiger partial charge in [0.1, 0.15) is 5.78 Å². The molecule has 0 atom stereocenters. The number of carbonyl (C=O) groups is 1. The van der Waals surface area contributed by atoms with Crippen molar-refractivity contribution in [1.29, 1.82) is 0 Å². The highest BCUT2D eigenvalue weighted by molar-refractivity contribution is 5.82. The number of carbonyl (C=O) groups excluding carboxylic acids is 1. The molecule has 0 radical (unpaired) electrons. The third-order valence-electron chi connectivity index (χ3n) is 6.58. The van der Waals surface area contributed by atoms with Crippen molar-refractivity contribution in [2.75, 3.05) is 13.1 Å². The topological polar surface area (TPSA) is 38.1 Å². The predicted molar refractivity (Wildman–Crippen MR) is 130 cm³/mol. The number of hydrogen-bond acceptors (Lipinski definition) is 3. The van der Waals surface area contributed by atoms with Crippen LogP contribution < -0.4 is 0 Å². The van der Waals surface area contributed by atoms with E-state index in [0.29, 0.717) is 12.2 Å². The third kappa shape index (κ3) is 5.95. The monoisotopic (exact) mass is 429 g/mol. The van der Waals surface area contributed by atoms with E-state index in [0.717, 1.165) is 37.7 Å². The molecule has 0 aliphatic carbocycles. The van der Waals surface area contributed by atoms with Gasteiger partial charge in [-0.1, -0.05) is 62.4 Å². The highest BCUT2D eigenvalue weighted by atomic mass is 16.1. The number of hydrogen-bond donors (Lipinski definition) is 0. The Labute approximate surface area is 192 Å². The van der Waals surface area contributed by atoms with Crippen molar-refractivity contribution in [3.63, 3.8) is 0 Å². The molecule has 0 bridgehead atoms. The van der Waals surface area contributed by atoms with Gasteiger partial charge >= 0.3 is 0 Å². The van der Waals surface area contributed by atoms with Crippen LogP contribution in [0, 0.1) is 18.8 Å². The molecule has 2 aromatic carbocycles. The predicted octanol–water partition coefficient (Wildman–Crippen LogP) is 5.54. The lowest BCUT2D eigenvalue weighted by atomic mass is 9.96. The van der Waals surface area contributed by atoms with Crippen LogP contribution in [0.25, 0.3) is 11.1 Å². The van der Waals surface area contributed by atoms with Gasteiger partial charge in [0.15, 0.2) is 0 Å². The number of aryl methyl sites for hydroxylation is 1. The van der Waals surface area contributed by atoms with E-state index in [1.165, 1.54) is 35.1 Å². The molecule has 1 fully saturated rings. The molecule has 0 unspecified atom stereocenters. The largest absolute Gasteiger partial charge is 0.299 e. The van der Waals surface area contributed by atoms with Crippen LogP contribution in [0.5, 0.6) is 0 Å². The number of likely N-dealkylation sites (tertiary alicyclic amines) is 1. The minimum atomic E-state index is 0.0914. The Morgan fingerprint density at radius 2 is 1.56 bits per heavy atom. The zero-order valence-corrected chi connectivity index (χ0v) is 19.6. The fraction of sp³-hybridized carbons (Fsp3) is 0.429. The first kappa shape index (κ1) is 22.5. The Kier molecular flexibility index (Phi) is 7.21. The molecule has 0 amide bonds. The van der Waals surface area contributed by atoms with Crippen LogP contribution in [0.4, 0.5) is 0 Å². The van der Waals surface area contributed by atoms with Crippen LogP contribution in [0.2, 0.25) is 0 Å². The van der Waals surface area contributed by atoms with E-state index in [1.54, 1.807) is 0 Å². The highest BCUT2D eigenvalue weighted by Crippen LogP contribution is 2.24. The van der Waals surface area contributed by atoms with Crippen LogP contribution in [0.15, 0.2) is 60.9 Å². The second-order valence-electron chi connectivity index (χ2n) is 9.65. The first-order valence-electron chi connectivity index (χ1n) is 11.9. The van der Waals surface area contributed by atoms with Gasteiger partial charge in [0.25, 0.3) is 0 Å². The lowest BCUT2D eigenvalue weighted by Gasteiger charge is -2.32. The van der Waals surface area contributed by atoms with Crippen LogP contribution >= 0.6 is 0 Å². The average molecular weight is 430 g/mol. The average Bonchev–Trinajstić information content (AvgIpc) is 3.20. The van der Waals surface area contributed by atoms with Crippen molar-refractivity contribution in [3.05, 3.63) is 77.6 Å². The fourth-order valence-corrected chi connectivity index (χ4v) is 4.44. The zero-order valence-electron chi connectivity index (χ0n) is 19.6. The van der Waals surface area contributed by atoms with E-state index in [-0.39, 0.29) is 5.92 Å². The van der Waals surface area contributed by atoms with E-state index in [9.17, 15) is 4.79 Å². The number of aromatic nitrogens is 2. The van der Waals surface area contributed by atoms with Crippen LogP contribution in [-0.4, -0.2) is 33.6 Å². The summed E-state index contributed by atoms with van der Waals surface area (Å²) in [4.78, 5) is 14.5. The third-order valence-corrected chi connectivity index (χ3v) is 6.58. The van der Waals surface area contributed by atoms with E-state index in [1.807, 2.05) is 20.0 Å². The molecule has 1 aliphatic rings. The Morgan fingerprint density at radius 3 is 2.09 bits per heavy atom. The normalized spacial score (nSPS) is 15.4. The molecule has 32 heavy (non-hydrogen) atoms. The van der Waals surface area contributed by atoms with Gasteiger partial charge in [-0.15, -0.1) is 0 Å². The molecule has 0 N–H and O–H groups in total. The van der Waals surface area contributed by atoms with Gasteiger partial charge in [-0.3, -0.25) is 14.4 Å². The van der Waals surface area contributed by atoms with Gasteiger partial charge in [-0.2, -0.15) is 5.10 Å². The SMILES string of the molecule is Cc1cnn(CC2CCN(Cc3ccc(-c4ccc(CC(=O)C(C)C)cc4)cc3)CC2)c1. The quantitative estimate of drug-likeness (QED) is 0.472. The van der Waals surface area contributed by atoms with Crippen molar-refractivity contribution in [2.24, 2.45) is 11.8 Å². The Balaban J connectivity index is 1.27. The first-order chi connectivity index (χ1) is 15.5. The smallest absolute Gasteiger partial charge is 0.139 e. The molecule has 168 valence electrons. The van der Waals surface area contributed by atoms with Gasteiger partial charge in [0.2, 0.25) is 0 Å². The molecular formula is C28H35N3O. The minimum absolute atomic E-state index is 0.0914. The van der Waals surface area contributed by atoms with E-state index < -0.39 is 0 Å². The molecule has 4 heteroatoms. The molecule has 0 spiro atoms. The van der Waals surface area contributed by atoms with E-state index >= 15 is 0 Å². The molecular weight excluding hydrogens is 394 g/mol. The molecule has 0 saturated carbocycles. The van der Waals surface area contributed by atoms with E-state index in [2.05, 4.69) is 76.3 Å². The van der Waals surface area contributed by atoms with Crippen molar-refractivity contribution in [3.8, 4) is 11.1 Å². The molecule has 4 nitrogen and oxygen atoms in total. The lowest BCUT2D eigenvalue weighted by Crippen LogP contribution is -2.34. The van der Waals surface area contributed by atoms with Crippen LogP contribution in [0.3, 0.4) is 0 Å². The fourth-order valence-electron chi connectivity index (χ4n) is 4.44. The van der Waals surface area contributed by atoms with Gasteiger partial charge in [0, 0.05) is 31.6 Å². The van der Waals surface area contributed by atoms with Crippen molar-refractivity contribution in [1.82, 2.24) is 14.7 Å². The standard InChI is InChI=1S/C28H35N3O/c1-21(2)28(32)16-23-4-8-26(9-5-23)27-10-6-24(7-11-27)19-30-14-12-25(13-15-30)20-31-18-22(3)17-29-31/h4-11,17-18,21,25H,12-16,19-20H2,1-3H3. The maximum absolute atomic E-state index is 12.0. The lowest BCUT2D eigenvalue weighted by molar-refractivity contribution is -0.121. The number of Topliss-reactive ketones (excluding diaryl/α,β-unsaturated/α-hetero) is 1. The Morgan fingerprint density at radius 1 is 0.969 bits per heavy atom. The summed E-state index contributed by atoms with van der Waals surface area (Å²) in [7, 11) is 0. The first-order valence-corrected chi connectivity index (χ1v) is 11.9. The number of nitrogens with zero attached hydrogens (tertiary/aromatic N) is 3. The molecule has 2 heterocycles. The molecule has 1 aliphatic heterocycles. The molecule has 1 aromatic heterocycles. The minimum Gasteiger partial charge on any atom is -0.299 e. The summed E-state index contributed by atoms with van der Waals surface area (Å²) < 4.78 is 2.10. The van der Waals surface area contributed by atoms with Crippen molar-refractivity contribution in [2.45, 2.75) is 53.1 Å². The summed E-state index contributed by atoms with van der Waals surface area (Å²) in [6.07, 6.45) is 7.09. The summed E-state index contributed by atoms with van der Waals surface area (Å²) in [5.41, 5.74) is 6.13. The Bertz CT molecular complexity index is 1010. The maximum Gasteiger partial charge on any atom is 0.139 e.